The van der Waals surface area contributed by atoms with Gasteiger partial charge < -0.3 is 20.7 Å². The molecule has 3 aromatic rings. The molecule has 1 heterocycles. The third-order valence-electron chi connectivity index (χ3n) is 6.44. The molecule has 1 aliphatic rings. The number of anilines is 1. The van der Waals surface area contributed by atoms with Gasteiger partial charge in [-0.25, -0.2) is 4.39 Å². The minimum Gasteiger partial charge on any atom is -0.496 e. The van der Waals surface area contributed by atoms with Crippen LogP contribution in [0.5, 0.6) is 5.75 Å². The van der Waals surface area contributed by atoms with Gasteiger partial charge in [-0.15, -0.1) is 0 Å². The number of hydrogen-bond donors (Lipinski definition) is 2. The van der Waals surface area contributed by atoms with Crippen LogP contribution in [0.4, 0.5) is 10.1 Å². The van der Waals surface area contributed by atoms with Crippen molar-refractivity contribution in [3.63, 3.8) is 0 Å². The van der Waals surface area contributed by atoms with E-state index in [1.807, 2.05) is 86.6 Å². The number of ether oxygens (including phenoxy) is 1. The molecular weight excluding hydrogens is 441 g/mol. The lowest BCUT2D eigenvalue weighted by atomic mass is 9.90. The summed E-state index contributed by atoms with van der Waals surface area (Å²) in [6.07, 6.45) is 5.64. The summed E-state index contributed by atoms with van der Waals surface area (Å²) in [5, 5.41) is 3.07. The second kappa shape index (κ2) is 10.2. The average Bonchev–Trinajstić information content (AvgIpc) is 2.85. The highest BCUT2D eigenvalue weighted by atomic mass is 19.1. The number of carbonyl (C=O) groups excluding carboxylic acids is 1. The SMILES string of the molecule is COc1cc(-c2cccc(-c3cccc(NC(=O)C4=CC=CN(C)C4)c3C)c2C)cc(F)c1CN. The highest BCUT2D eigenvalue weighted by Crippen LogP contribution is 2.37. The van der Waals surface area contributed by atoms with Gasteiger partial charge in [0.1, 0.15) is 11.6 Å². The standard InChI is InChI=1S/C29H30FN3O2/c1-18-22(21-14-26(30)25(16-31)28(15-21)35-4)9-5-10-23(18)24-11-6-12-27(19(24)2)32-29(34)20-8-7-13-33(3)17-20/h5-15H,16-17,31H2,1-4H3,(H,32,34). The third kappa shape index (κ3) is 4.84. The van der Waals surface area contributed by atoms with Gasteiger partial charge in [-0.3, -0.25) is 4.79 Å². The highest BCUT2D eigenvalue weighted by molar-refractivity contribution is 6.05. The Balaban J connectivity index is 1.72. The molecule has 0 radical (unpaired) electrons. The molecule has 0 bridgehead atoms. The molecule has 0 aliphatic carbocycles. The molecule has 35 heavy (non-hydrogen) atoms. The molecule has 3 aromatic carbocycles. The topological polar surface area (TPSA) is 67.6 Å². The van der Waals surface area contributed by atoms with Crippen LogP contribution in [0.2, 0.25) is 0 Å². The van der Waals surface area contributed by atoms with Crippen LogP contribution < -0.4 is 15.8 Å². The zero-order valence-corrected chi connectivity index (χ0v) is 20.5. The number of amides is 1. The van der Waals surface area contributed by atoms with E-state index >= 15 is 0 Å². The van der Waals surface area contributed by atoms with E-state index in [1.165, 1.54) is 13.2 Å². The summed E-state index contributed by atoms with van der Waals surface area (Å²) in [6.45, 7) is 4.64. The molecule has 1 aliphatic heterocycles. The van der Waals surface area contributed by atoms with Crippen LogP contribution in [-0.2, 0) is 11.3 Å². The minimum atomic E-state index is -0.384. The van der Waals surface area contributed by atoms with Gasteiger partial charge in [0.25, 0.3) is 5.91 Å². The van der Waals surface area contributed by atoms with Crippen molar-refractivity contribution in [2.45, 2.75) is 20.4 Å². The summed E-state index contributed by atoms with van der Waals surface area (Å²) in [7, 11) is 3.45. The van der Waals surface area contributed by atoms with Gasteiger partial charge in [0.15, 0.2) is 0 Å². The molecular formula is C29H30FN3O2. The van der Waals surface area contributed by atoms with Crippen LogP contribution in [0.3, 0.4) is 0 Å². The van der Waals surface area contributed by atoms with Crippen molar-refractivity contribution >= 4 is 11.6 Å². The van der Waals surface area contributed by atoms with E-state index < -0.39 is 0 Å². The van der Waals surface area contributed by atoms with Crippen LogP contribution in [0, 0.1) is 19.7 Å². The first-order valence-corrected chi connectivity index (χ1v) is 11.5. The fraction of sp³-hybridized carbons (Fsp3) is 0.207. The minimum absolute atomic E-state index is 0.0650. The summed E-state index contributed by atoms with van der Waals surface area (Å²) in [4.78, 5) is 14.8. The molecule has 180 valence electrons. The Morgan fingerprint density at radius 2 is 1.77 bits per heavy atom. The van der Waals surface area contributed by atoms with Gasteiger partial charge in [0.05, 0.1) is 7.11 Å². The van der Waals surface area contributed by atoms with E-state index in [0.717, 1.165) is 39.1 Å². The lowest BCUT2D eigenvalue weighted by molar-refractivity contribution is -0.113. The fourth-order valence-corrected chi connectivity index (χ4v) is 4.48. The van der Waals surface area contributed by atoms with Crippen molar-refractivity contribution in [3.05, 3.63) is 95.0 Å². The summed E-state index contributed by atoms with van der Waals surface area (Å²) < 4.78 is 20.1. The molecule has 0 fully saturated rings. The van der Waals surface area contributed by atoms with Crippen LogP contribution in [0.15, 0.2) is 72.5 Å². The summed E-state index contributed by atoms with van der Waals surface area (Å²) in [5.41, 5.74) is 13.1. The molecule has 0 spiro atoms. The summed E-state index contributed by atoms with van der Waals surface area (Å²) in [5.74, 6) is -0.0646. The number of rotatable bonds is 6. The van der Waals surface area contributed by atoms with Crippen LogP contribution in [0.1, 0.15) is 16.7 Å². The summed E-state index contributed by atoms with van der Waals surface area (Å²) in [6, 6.07) is 15.2. The number of nitrogens with one attached hydrogen (secondary N) is 1. The highest BCUT2D eigenvalue weighted by Gasteiger charge is 2.18. The quantitative estimate of drug-likeness (QED) is 0.493. The number of carbonyl (C=O) groups is 1. The monoisotopic (exact) mass is 471 g/mol. The maximum atomic E-state index is 14.7. The predicted molar refractivity (Wildman–Crippen MR) is 140 cm³/mol. The number of hydrogen-bond acceptors (Lipinski definition) is 4. The van der Waals surface area contributed by atoms with Crippen molar-refractivity contribution in [1.82, 2.24) is 4.90 Å². The van der Waals surface area contributed by atoms with E-state index in [0.29, 0.717) is 23.4 Å². The Labute approximate surface area is 205 Å². The lowest BCUT2D eigenvalue weighted by Gasteiger charge is -2.20. The number of benzene rings is 3. The number of allylic oxidation sites excluding steroid dienone is 2. The van der Waals surface area contributed by atoms with E-state index in [9.17, 15) is 9.18 Å². The second-order valence-corrected chi connectivity index (χ2v) is 8.70. The number of nitrogens with zero attached hydrogens (tertiary/aromatic N) is 1. The van der Waals surface area contributed by atoms with Crippen molar-refractivity contribution < 1.29 is 13.9 Å². The normalized spacial score (nSPS) is 13.0. The van der Waals surface area contributed by atoms with Crippen molar-refractivity contribution in [2.24, 2.45) is 5.73 Å². The molecule has 0 aromatic heterocycles. The molecule has 3 N–H and O–H groups in total. The maximum Gasteiger partial charge on any atom is 0.253 e. The molecule has 0 atom stereocenters. The van der Waals surface area contributed by atoms with Gasteiger partial charge in [-0.1, -0.05) is 36.4 Å². The van der Waals surface area contributed by atoms with Crippen molar-refractivity contribution in [2.75, 3.05) is 26.0 Å². The van der Waals surface area contributed by atoms with Crippen molar-refractivity contribution in [1.29, 1.82) is 0 Å². The first-order chi connectivity index (χ1) is 16.8. The largest absolute Gasteiger partial charge is 0.496 e. The van der Waals surface area contributed by atoms with Gasteiger partial charge in [-0.05, 0) is 77.7 Å². The maximum absolute atomic E-state index is 14.7. The molecule has 0 saturated heterocycles. The fourth-order valence-electron chi connectivity index (χ4n) is 4.48. The molecule has 0 unspecified atom stereocenters. The van der Waals surface area contributed by atoms with Gasteiger partial charge in [-0.2, -0.15) is 0 Å². The van der Waals surface area contributed by atoms with Gasteiger partial charge in [0, 0.05) is 37.0 Å². The van der Waals surface area contributed by atoms with E-state index in [4.69, 9.17) is 10.5 Å². The lowest BCUT2D eigenvalue weighted by Crippen LogP contribution is -2.25. The van der Waals surface area contributed by atoms with Gasteiger partial charge in [0.2, 0.25) is 0 Å². The number of likely N-dealkylation sites (N-methyl/N-ethyl adjacent to an activating group) is 1. The molecule has 6 heteroatoms. The van der Waals surface area contributed by atoms with Gasteiger partial charge >= 0.3 is 0 Å². The Kier molecular flexibility index (Phi) is 7.03. The predicted octanol–water partition coefficient (Wildman–Crippen LogP) is 5.57. The van der Waals surface area contributed by atoms with Crippen LogP contribution >= 0.6 is 0 Å². The Morgan fingerprint density at radius 1 is 1.09 bits per heavy atom. The number of methoxy groups -OCH3 is 1. The Hall–Kier alpha value is -3.90. The summed E-state index contributed by atoms with van der Waals surface area (Å²) >= 11 is 0. The van der Waals surface area contributed by atoms with Crippen molar-refractivity contribution in [3.8, 4) is 28.0 Å². The zero-order chi connectivity index (χ0) is 25.1. The van der Waals surface area contributed by atoms with E-state index in [2.05, 4.69) is 5.32 Å². The molecule has 5 nitrogen and oxygen atoms in total. The number of halogens is 1. The molecule has 4 rings (SSSR count). The first-order valence-electron chi connectivity index (χ1n) is 11.5. The van der Waals surface area contributed by atoms with Crippen LogP contribution in [-0.4, -0.2) is 31.5 Å². The molecule has 1 amide bonds. The second-order valence-electron chi connectivity index (χ2n) is 8.70. The third-order valence-corrected chi connectivity index (χ3v) is 6.44. The Morgan fingerprint density at radius 3 is 2.46 bits per heavy atom. The van der Waals surface area contributed by atoms with E-state index in [-0.39, 0.29) is 18.3 Å². The average molecular weight is 472 g/mol. The smallest absolute Gasteiger partial charge is 0.253 e. The number of nitrogens with two attached hydrogens (primary N) is 1. The first kappa shape index (κ1) is 24.2. The Bertz CT molecular complexity index is 1340. The zero-order valence-electron chi connectivity index (χ0n) is 20.5. The molecule has 0 saturated carbocycles. The van der Waals surface area contributed by atoms with Crippen LogP contribution in [0.25, 0.3) is 22.3 Å². The van der Waals surface area contributed by atoms with E-state index in [1.54, 1.807) is 0 Å².